The molecule has 0 aliphatic carbocycles. The molecule has 1 aromatic heterocycles. The SMILES string of the molecule is [C-]#[N+]c1ccc(N2C(=O)C(C)(C)N(c3ccc(-c4ccc(OCCCCOCC(=O)N[C@H](C(=O)N5C[C@H](O)C[C@H]5C(=O)N[C@@H](C)c5ccc(-c6ocnc6C)cc5)C(C)(C)C)cc4)cc3F)C2=S)cc1C. The van der Waals surface area contributed by atoms with Crippen LogP contribution in [0.1, 0.15) is 83.7 Å². The van der Waals surface area contributed by atoms with Crippen molar-refractivity contribution in [2.45, 2.75) is 104 Å². The van der Waals surface area contributed by atoms with E-state index in [1.807, 2.05) is 71.0 Å². The molecule has 2 aliphatic heterocycles. The molecule has 0 bridgehead atoms. The molecular weight excluding hydrogens is 926 g/mol. The van der Waals surface area contributed by atoms with E-state index >= 15 is 4.39 Å². The highest BCUT2D eigenvalue weighted by Gasteiger charge is 2.51. The number of amides is 4. The molecule has 4 amide bonds. The van der Waals surface area contributed by atoms with E-state index in [2.05, 4.69) is 20.5 Å². The lowest BCUT2D eigenvalue weighted by Gasteiger charge is -2.35. The van der Waals surface area contributed by atoms with Crippen molar-refractivity contribution in [3.63, 3.8) is 0 Å². The molecule has 7 rings (SSSR count). The van der Waals surface area contributed by atoms with Gasteiger partial charge in [0.2, 0.25) is 17.7 Å². The van der Waals surface area contributed by atoms with E-state index in [9.17, 15) is 24.3 Å². The number of oxazole rings is 1. The minimum atomic E-state index is -1.17. The number of aliphatic hydroxyl groups is 1. The van der Waals surface area contributed by atoms with Crippen molar-refractivity contribution in [3.05, 3.63) is 125 Å². The molecular formula is C54H60FN7O8S. The monoisotopic (exact) mass is 985 g/mol. The Labute approximate surface area is 419 Å². The minimum Gasteiger partial charge on any atom is -0.494 e. The average molecular weight is 986 g/mol. The van der Waals surface area contributed by atoms with Gasteiger partial charge in [0.05, 0.1) is 36.7 Å². The lowest BCUT2D eigenvalue weighted by molar-refractivity contribution is -0.144. The van der Waals surface area contributed by atoms with Crippen molar-refractivity contribution in [2.75, 3.05) is 36.2 Å². The van der Waals surface area contributed by atoms with Gasteiger partial charge in [0, 0.05) is 30.8 Å². The molecule has 2 aliphatic rings. The molecule has 3 heterocycles. The summed E-state index contributed by atoms with van der Waals surface area (Å²) in [6.45, 7) is 22.0. The van der Waals surface area contributed by atoms with Crippen LogP contribution in [0.3, 0.4) is 0 Å². The number of nitrogens with one attached hydrogen (secondary N) is 2. The number of β-amino-alcohol motifs (C(OH)–C–C–N with tert-alkyl or cyclic N) is 1. The number of carbonyl (C=O) groups is 4. The van der Waals surface area contributed by atoms with Gasteiger partial charge in [-0.05, 0) is 124 Å². The largest absolute Gasteiger partial charge is 0.494 e. The maximum atomic E-state index is 15.9. The summed E-state index contributed by atoms with van der Waals surface area (Å²) in [4.78, 5) is 66.4. The fourth-order valence-corrected chi connectivity index (χ4v) is 9.34. The number of rotatable bonds is 17. The first kappa shape index (κ1) is 51.8. The molecule has 0 radical (unpaired) electrons. The number of thiocarbonyl (C=S) groups is 1. The quantitative estimate of drug-likeness (QED) is 0.0462. The number of ether oxygens (including phenoxy) is 2. The van der Waals surface area contributed by atoms with Gasteiger partial charge in [-0.2, -0.15) is 0 Å². The van der Waals surface area contributed by atoms with E-state index in [4.69, 9.17) is 32.7 Å². The van der Waals surface area contributed by atoms with Crippen LogP contribution in [0.25, 0.3) is 27.3 Å². The molecule has 15 nitrogen and oxygen atoms in total. The van der Waals surface area contributed by atoms with Gasteiger partial charge in [0.25, 0.3) is 5.91 Å². The number of carbonyl (C=O) groups excluding carboxylic acids is 4. The Morgan fingerprint density at radius 1 is 0.972 bits per heavy atom. The normalized spacial score (nSPS) is 17.5. The summed E-state index contributed by atoms with van der Waals surface area (Å²) >= 11 is 5.76. The number of anilines is 2. The Morgan fingerprint density at radius 3 is 2.28 bits per heavy atom. The van der Waals surface area contributed by atoms with E-state index in [-0.39, 0.29) is 42.9 Å². The average Bonchev–Trinajstić information content (AvgIpc) is 4.00. The van der Waals surface area contributed by atoms with Crippen molar-refractivity contribution < 1.29 is 42.6 Å². The van der Waals surface area contributed by atoms with E-state index in [0.717, 1.165) is 22.4 Å². The van der Waals surface area contributed by atoms with E-state index in [1.165, 1.54) is 27.2 Å². The highest BCUT2D eigenvalue weighted by molar-refractivity contribution is 7.81. The van der Waals surface area contributed by atoms with E-state index in [1.54, 1.807) is 63.2 Å². The zero-order chi connectivity index (χ0) is 51.4. The van der Waals surface area contributed by atoms with Gasteiger partial charge in [-0.15, -0.1) is 0 Å². The number of likely N-dealkylation sites (tertiary alicyclic amines) is 1. The van der Waals surface area contributed by atoms with Gasteiger partial charge in [0.1, 0.15) is 35.8 Å². The number of benzene rings is 4. The molecule has 5 aromatic rings. The third-order valence-electron chi connectivity index (χ3n) is 12.8. The summed E-state index contributed by atoms with van der Waals surface area (Å²) in [5, 5.41) is 16.6. The van der Waals surface area contributed by atoms with Crippen molar-refractivity contribution in [1.29, 1.82) is 0 Å². The molecule has 0 saturated carbocycles. The number of nitrogens with zero attached hydrogens (tertiary/aromatic N) is 5. The van der Waals surface area contributed by atoms with Gasteiger partial charge in [-0.3, -0.25) is 24.1 Å². The van der Waals surface area contributed by atoms with E-state index in [0.29, 0.717) is 53.5 Å². The zero-order valence-corrected chi connectivity index (χ0v) is 42.1. The van der Waals surface area contributed by atoms with Crippen LogP contribution < -0.4 is 25.2 Å². The predicted molar refractivity (Wildman–Crippen MR) is 272 cm³/mol. The van der Waals surface area contributed by atoms with Crippen LogP contribution in [-0.4, -0.2) is 93.8 Å². The van der Waals surface area contributed by atoms with Crippen molar-refractivity contribution >= 4 is 58.0 Å². The van der Waals surface area contributed by atoms with E-state index < -0.39 is 58.7 Å². The van der Waals surface area contributed by atoms with Crippen LogP contribution in [-0.2, 0) is 23.9 Å². The molecule has 2 saturated heterocycles. The summed E-state index contributed by atoms with van der Waals surface area (Å²) in [7, 11) is 0. The molecule has 3 N–H and O–H groups in total. The number of hydrogen-bond acceptors (Lipinski definition) is 10. The molecule has 17 heteroatoms. The molecule has 372 valence electrons. The number of aliphatic hydroxyl groups excluding tert-OH is 1. The first-order chi connectivity index (χ1) is 33.7. The Morgan fingerprint density at radius 2 is 1.65 bits per heavy atom. The molecule has 0 spiro atoms. The Balaban J connectivity index is 0.850. The second-order valence-electron chi connectivity index (χ2n) is 19.6. The number of halogens is 1. The summed E-state index contributed by atoms with van der Waals surface area (Å²) in [5.41, 5.74) is 3.81. The van der Waals surface area contributed by atoms with Gasteiger partial charge in [0.15, 0.2) is 23.0 Å². The minimum absolute atomic E-state index is 0.0439. The Bertz CT molecular complexity index is 2840. The van der Waals surface area contributed by atoms with Crippen LogP contribution >= 0.6 is 12.2 Å². The molecule has 4 atom stereocenters. The number of aromatic nitrogens is 1. The zero-order valence-electron chi connectivity index (χ0n) is 41.2. The number of unbranched alkanes of at least 4 members (excludes halogenated alkanes) is 1. The van der Waals surface area contributed by atoms with Crippen LogP contribution in [0.5, 0.6) is 5.75 Å². The second kappa shape index (κ2) is 21.6. The maximum Gasteiger partial charge on any atom is 0.259 e. The highest BCUT2D eigenvalue weighted by atomic mass is 32.1. The first-order valence-corrected chi connectivity index (χ1v) is 24.0. The molecule has 4 aromatic carbocycles. The Kier molecular flexibility index (Phi) is 15.7. The third-order valence-corrected chi connectivity index (χ3v) is 13.2. The predicted octanol–water partition coefficient (Wildman–Crippen LogP) is 8.78. The molecule has 0 unspecified atom stereocenters. The van der Waals surface area contributed by atoms with Crippen molar-refractivity contribution in [3.8, 4) is 28.2 Å². The van der Waals surface area contributed by atoms with Crippen LogP contribution in [0, 0.1) is 31.7 Å². The lowest BCUT2D eigenvalue weighted by atomic mass is 9.85. The second-order valence-corrected chi connectivity index (χ2v) is 19.9. The highest BCUT2D eigenvalue weighted by Crippen LogP contribution is 2.40. The van der Waals surface area contributed by atoms with Crippen molar-refractivity contribution in [1.82, 2.24) is 20.5 Å². The standard InChI is InChI=1S/C54H60FN7O8S/c1-32-26-39(19-22-43(32)56-9)61-51(67)54(7,8)62(52(61)71)44-23-18-38(27-42(44)55)36-16-20-41(21-17-36)69-25-11-10-24-68-30-46(64)59-48(53(4,5)6)50(66)60-29-40(63)28-45(60)49(65)58-33(2)35-12-14-37(15-13-35)47-34(3)57-31-70-47/h12-23,26-27,31,33,40,45,48,63H,10-11,24-25,28-30H2,1-8H3,(H,58,65)(H,59,64)/t33-,40+,45-,48+/m0/s1. The third kappa shape index (κ3) is 11.5. The molecule has 2 fully saturated rings. The summed E-state index contributed by atoms with van der Waals surface area (Å²) < 4.78 is 33.0. The number of hydrogen-bond donors (Lipinski definition) is 3. The van der Waals surface area contributed by atoms with Gasteiger partial charge in [-0.25, -0.2) is 14.2 Å². The number of aryl methyl sites for hydroxylation is 2. The van der Waals surface area contributed by atoms with Gasteiger partial charge in [-0.1, -0.05) is 69.3 Å². The van der Waals surface area contributed by atoms with Crippen LogP contribution in [0.4, 0.5) is 21.5 Å². The molecule has 71 heavy (non-hydrogen) atoms. The van der Waals surface area contributed by atoms with Crippen LogP contribution in [0.2, 0.25) is 0 Å². The Hall–Kier alpha value is -7.00. The lowest BCUT2D eigenvalue weighted by Crippen LogP contribution is -2.58. The fourth-order valence-electron chi connectivity index (χ4n) is 8.82. The smallest absolute Gasteiger partial charge is 0.259 e. The first-order valence-electron chi connectivity index (χ1n) is 23.6. The maximum absolute atomic E-state index is 15.9. The summed E-state index contributed by atoms with van der Waals surface area (Å²) in [6.07, 6.45) is 1.78. The van der Waals surface area contributed by atoms with Gasteiger partial charge < -0.3 is 39.4 Å². The summed E-state index contributed by atoms with van der Waals surface area (Å²) in [5.74, 6) is -0.915. The van der Waals surface area contributed by atoms with Crippen LogP contribution in [0.15, 0.2) is 95.7 Å². The fraction of sp³-hybridized carbons (Fsp3) is 0.389. The topological polar surface area (TPSA) is 171 Å². The van der Waals surface area contributed by atoms with Gasteiger partial charge >= 0.3 is 0 Å². The van der Waals surface area contributed by atoms with Crippen molar-refractivity contribution in [2.24, 2.45) is 5.41 Å². The summed E-state index contributed by atoms with van der Waals surface area (Å²) in [6, 6.07) is 22.3.